The highest BCUT2D eigenvalue weighted by Crippen LogP contribution is 2.30. The summed E-state index contributed by atoms with van der Waals surface area (Å²) in [4.78, 5) is 29.7. The van der Waals surface area contributed by atoms with Crippen molar-refractivity contribution in [2.75, 3.05) is 42.3 Å². The third kappa shape index (κ3) is 5.26. The van der Waals surface area contributed by atoms with Gasteiger partial charge in [0, 0.05) is 37.3 Å². The first-order valence-electron chi connectivity index (χ1n) is 11.4. The predicted octanol–water partition coefficient (Wildman–Crippen LogP) is 3.39. The summed E-state index contributed by atoms with van der Waals surface area (Å²) in [6.07, 6.45) is 0.541. The van der Waals surface area contributed by atoms with Gasteiger partial charge in [0.1, 0.15) is 17.3 Å². The number of hydrogen-bond donors (Lipinski definition) is 4. The molecule has 4 aromatic rings. The number of ether oxygens (including phenoxy) is 1. The van der Waals surface area contributed by atoms with Crippen LogP contribution in [0.3, 0.4) is 0 Å². The zero-order chi connectivity index (χ0) is 25.9. The molecule has 0 spiro atoms. The molecule has 1 atom stereocenters. The van der Waals surface area contributed by atoms with E-state index in [9.17, 15) is 18.0 Å². The second-order valence-electron chi connectivity index (χ2n) is 8.32. The van der Waals surface area contributed by atoms with Crippen LogP contribution in [-0.2, 0) is 0 Å². The van der Waals surface area contributed by atoms with Crippen LogP contribution in [0.15, 0.2) is 53.6 Å². The molecule has 0 bridgehead atoms. The summed E-state index contributed by atoms with van der Waals surface area (Å²) >= 11 is 0. The Labute approximate surface area is 208 Å². The molecule has 5 rings (SSSR count). The summed E-state index contributed by atoms with van der Waals surface area (Å²) in [5.74, 6) is 0.891. The lowest BCUT2D eigenvalue weighted by atomic mass is 10.2. The molecule has 1 fully saturated rings. The molecule has 37 heavy (non-hydrogen) atoms. The summed E-state index contributed by atoms with van der Waals surface area (Å²) in [6.45, 7) is 1.02. The number of benzene rings is 1. The summed E-state index contributed by atoms with van der Waals surface area (Å²) in [6, 6.07) is 8.35. The highest BCUT2D eigenvalue weighted by atomic mass is 19.3. The van der Waals surface area contributed by atoms with Gasteiger partial charge in [0.15, 0.2) is 11.6 Å². The molecule has 0 radical (unpaired) electrons. The van der Waals surface area contributed by atoms with Crippen molar-refractivity contribution in [1.82, 2.24) is 25.3 Å². The molecule has 1 saturated heterocycles. The molecule has 3 aromatic heterocycles. The van der Waals surface area contributed by atoms with E-state index in [-0.39, 0.29) is 23.7 Å². The number of piperazine rings is 1. The average Bonchev–Trinajstić information content (AvgIpc) is 2.90. The zero-order valence-corrected chi connectivity index (χ0v) is 19.6. The Morgan fingerprint density at radius 2 is 2.05 bits per heavy atom. The molecule has 1 aliphatic heterocycles. The molecular weight excluding hydrogens is 489 g/mol. The van der Waals surface area contributed by atoms with E-state index in [1.54, 1.807) is 29.2 Å². The minimum Gasteiger partial charge on any atom is -0.493 e. The Bertz CT molecular complexity index is 1480. The molecule has 0 aliphatic carbocycles. The first-order valence-corrected chi connectivity index (χ1v) is 11.4. The van der Waals surface area contributed by atoms with E-state index < -0.39 is 23.8 Å². The fraction of sp³-hybridized carbons (Fsp3) is 0.250. The van der Waals surface area contributed by atoms with Crippen molar-refractivity contribution in [2.24, 2.45) is 0 Å². The third-order valence-corrected chi connectivity index (χ3v) is 5.87. The first-order chi connectivity index (χ1) is 17.9. The number of anilines is 5. The van der Waals surface area contributed by atoms with Gasteiger partial charge in [-0.05, 0) is 18.2 Å². The van der Waals surface area contributed by atoms with Crippen LogP contribution < -0.4 is 31.1 Å². The Morgan fingerprint density at radius 1 is 1.19 bits per heavy atom. The third-order valence-electron chi connectivity index (χ3n) is 5.87. The van der Waals surface area contributed by atoms with Crippen LogP contribution in [0.2, 0.25) is 0 Å². The Morgan fingerprint density at radius 3 is 2.86 bits per heavy atom. The minimum atomic E-state index is -2.49. The lowest BCUT2D eigenvalue weighted by Crippen LogP contribution is -2.54. The van der Waals surface area contributed by atoms with Crippen LogP contribution in [0.5, 0.6) is 5.75 Å². The Balaban J connectivity index is 1.34. The van der Waals surface area contributed by atoms with Gasteiger partial charge in [0.05, 0.1) is 30.6 Å². The van der Waals surface area contributed by atoms with Gasteiger partial charge in [-0.15, -0.1) is 0 Å². The van der Waals surface area contributed by atoms with E-state index in [0.717, 1.165) is 0 Å². The molecule has 10 nitrogen and oxygen atoms in total. The second-order valence-corrected chi connectivity index (χ2v) is 8.32. The number of H-pyrrole nitrogens is 1. The smallest absolute Gasteiger partial charge is 0.272 e. The number of aromatic nitrogens is 4. The van der Waals surface area contributed by atoms with Gasteiger partial charge >= 0.3 is 0 Å². The second kappa shape index (κ2) is 10.3. The molecule has 0 saturated carbocycles. The number of alkyl halides is 2. The van der Waals surface area contributed by atoms with E-state index in [1.807, 2.05) is 0 Å². The molecule has 1 unspecified atom stereocenters. The maximum absolute atomic E-state index is 13.9. The number of hydrogen-bond acceptors (Lipinski definition) is 9. The van der Waals surface area contributed by atoms with Gasteiger partial charge in [0.2, 0.25) is 5.95 Å². The topological polar surface area (TPSA) is 120 Å². The van der Waals surface area contributed by atoms with Crippen LogP contribution in [0.25, 0.3) is 10.9 Å². The van der Waals surface area contributed by atoms with Crippen LogP contribution >= 0.6 is 0 Å². The van der Waals surface area contributed by atoms with E-state index in [4.69, 9.17) is 4.74 Å². The van der Waals surface area contributed by atoms with E-state index in [2.05, 4.69) is 35.9 Å². The predicted molar refractivity (Wildman–Crippen MR) is 134 cm³/mol. The van der Waals surface area contributed by atoms with Crippen LogP contribution in [-0.4, -0.2) is 59.1 Å². The zero-order valence-electron chi connectivity index (χ0n) is 19.6. The number of rotatable bonds is 7. The minimum absolute atomic E-state index is 0.102. The number of pyridine rings is 2. The van der Waals surface area contributed by atoms with Crippen LogP contribution in [0.1, 0.15) is 0 Å². The van der Waals surface area contributed by atoms with E-state index in [0.29, 0.717) is 41.5 Å². The Kier molecular flexibility index (Phi) is 6.77. The van der Waals surface area contributed by atoms with E-state index >= 15 is 0 Å². The number of methoxy groups -OCH3 is 1. The van der Waals surface area contributed by atoms with Crippen molar-refractivity contribution in [2.45, 2.75) is 12.5 Å². The molecular formula is C24H23F3N8O2. The van der Waals surface area contributed by atoms with Crippen LogP contribution in [0, 0.1) is 5.82 Å². The Hall–Kier alpha value is -4.39. The molecule has 13 heteroatoms. The SMILES string of the molecule is COc1cc(Nc2nccc(Nc3cc4cccc(F)c4[nH]c3=O)n2)cnc1N1CCNC(C(F)F)C1. The van der Waals surface area contributed by atoms with Crippen molar-refractivity contribution in [3.63, 3.8) is 0 Å². The van der Waals surface area contributed by atoms with Gasteiger partial charge in [-0.1, -0.05) is 12.1 Å². The summed E-state index contributed by atoms with van der Waals surface area (Å²) in [5.41, 5.74) is 0.321. The number of nitrogens with one attached hydrogen (secondary N) is 4. The largest absolute Gasteiger partial charge is 0.493 e. The first kappa shape index (κ1) is 24.3. The highest BCUT2D eigenvalue weighted by molar-refractivity contribution is 5.82. The number of para-hydroxylation sites is 1. The molecule has 1 aromatic carbocycles. The number of aromatic amines is 1. The van der Waals surface area contributed by atoms with Crippen molar-refractivity contribution in [3.05, 3.63) is 65.0 Å². The highest BCUT2D eigenvalue weighted by Gasteiger charge is 2.28. The van der Waals surface area contributed by atoms with Gasteiger partial charge in [-0.2, -0.15) is 4.98 Å². The van der Waals surface area contributed by atoms with Gasteiger partial charge in [-0.25, -0.2) is 23.1 Å². The number of nitrogens with zero attached hydrogens (tertiary/aromatic N) is 4. The van der Waals surface area contributed by atoms with Crippen molar-refractivity contribution < 1.29 is 17.9 Å². The van der Waals surface area contributed by atoms with E-state index in [1.165, 1.54) is 31.6 Å². The molecule has 4 N–H and O–H groups in total. The molecule has 0 amide bonds. The van der Waals surface area contributed by atoms with Crippen LogP contribution in [0.4, 0.5) is 42.1 Å². The lowest BCUT2D eigenvalue weighted by Gasteiger charge is -2.34. The summed E-state index contributed by atoms with van der Waals surface area (Å²) in [7, 11) is 1.48. The lowest BCUT2D eigenvalue weighted by molar-refractivity contribution is 0.0956. The maximum Gasteiger partial charge on any atom is 0.272 e. The standard InChI is InChI=1S/C24H23F3N8O2/c1-37-18-10-14(11-30-22(18)35-8-7-28-17(12-35)21(26)27)31-24-29-6-5-19(33-24)32-16-9-13-3-2-4-15(25)20(13)34-23(16)36/h2-6,9-11,17,21,28H,7-8,12H2,1H3,(H,34,36)(H2,29,31,32,33). The van der Waals surface area contributed by atoms with Crippen molar-refractivity contribution >= 4 is 39.9 Å². The average molecular weight is 512 g/mol. The van der Waals surface area contributed by atoms with Crippen molar-refractivity contribution in [3.8, 4) is 5.75 Å². The fourth-order valence-electron chi connectivity index (χ4n) is 4.08. The number of fused-ring (bicyclic) bond motifs is 1. The monoisotopic (exact) mass is 512 g/mol. The summed E-state index contributed by atoms with van der Waals surface area (Å²) in [5, 5.41) is 9.28. The molecule has 192 valence electrons. The summed E-state index contributed by atoms with van der Waals surface area (Å²) < 4.78 is 45.8. The van der Waals surface area contributed by atoms with Crippen molar-refractivity contribution in [1.29, 1.82) is 0 Å². The fourth-order valence-corrected chi connectivity index (χ4v) is 4.08. The maximum atomic E-state index is 13.9. The van der Waals surface area contributed by atoms with Gasteiger partial charge < -0.3 is 30.6 Å². The quantitative estimate of drug-likeness (QED) is 0.295. The van der Waals surface area contributed by atoms with Gasteiger partial charge in [0.25, 0.3) is 12.0 Å². The molecule has 4 heterocycles. The van der Waals surface area contributed by atoms with Gasteiger partial charge in [-0.3, -0.25) is 4.79 Å². The molecule has 1 aliphatic rings. The normalized spacial score (nSPS) is 15.7. The number of halogens is 3.